The molecule has 12 N–H and O–H groups in total. The van der Waals surface area contributed by atoms with Crippen LogP contribution in [0.4, 0.5) is 0 Å². The Morgan fingerprint density at radius 1 is 0.462 bits per heavy atom. The summed E-state index contributed by atoms with van der Waals surface area (Å²) in [6.45, 7) is 1.66. The highest BCUT2D eigenvalue weighted by atomic mass is 16.8. The molecule has 3 rings (SSSR count). The summed E-state index contributed by atoms with van der Waals surface area (Å²) in [6, 6.07) is -0.997. The summed E-state index contributed by atoms with van der Waals surface area (Å²) in [4.78, 5) is 13.3. The summed E-state index contributed by atoms with van der Waals surface area (Å²) in [5, 5.41) is 120. The molecule has 3 saturated heterocycles. The number of carbonyl (C=O) groups is 1. The fourth-order valence-corrected chi connectivity index (χ4v) is 9.88. The molecule has 0 aromatic carbocycles. The second-order valence-electron chi connectivity index (χ2n) is 21.4. The lowest BCUT2D eigenvalue weighted by molar-refractivity contribution is -0.379. The highest BCUT2D eigenvalue weighted by Gasteiger charge is 2.53. The maximum absolute atomic E-state index is 13.3. The van der Waals surface area contributed by atoms with E-state index in [9.17, 15) is 61.0 Å². The molecule has 0 bridgehead atoms. The number of rotatable bonds is 43. The number of amides is 1. The molecule has 0 aromatic heterocycles. The minimum absolute atomic E-state index is 0.218. The summed E-state index contributed by atoms with van der Waals surface area (Å²) in [5.74, 6) is -0.301. The molecule has 3 heterocycles. The van der Waals surface area contributed by atoms with E-state index >= 15 is 0 Å². The Morgan fingerprint density at radius 2 is 0.859 bits per heavy atom. The zero-order chi connectivity index (χ0) is 56.9. The molecule has 1 amide bonds. The van der Waals surface area contributed by atoms with Crippen molar-refractivity contribution in [1.29, 1.82) is 0 Å². The second-order valence-corrected chi connectivity index (χ2v) is 21.4. The first-order chi connectivity index (χ1) is 37.8. The van der Waals surface area contributed by atoms with E-state index in [1.54, 1.807) is 6.08 Å². The van der Waals surface area contributed by atoms with Crippen LogP contribution in [0.3, 0.4) is 0 Å². The van der Waals surface area contributed by atoms with Gasteiger partial charge in [0.25, 0.3) is 0 Å². The highest BCUT2D eigenvalue weighted by Crippen LogP contribution is 2.33. The highest BCUT2D eigenvalue weighted by molar-refractivity contribution is 5.76. The number of nitrogens with one attached hydrogen (secondary N) is 1. The Hall–Kier alpha value is -2.25. The lowest BCUT2D eigenvalue weighted by Gasteiger charge is -2.48. The summed E-state index contributed by atoms with van der Waals surface area (Å²) in [7, 11) is 0. The monoisotopic (exact) mass is 1120 g/mol. The molecule has 3 aliphatic rings. The molecule has 0 aromatic rings. The SMILES string of the molecule is CCCCCC/C=C\C/C=C\CCCCCCCC(=O)NC(COC1OC(CO)C(OC2OC(CO)C(OC3OC(CO)C(O)C(O)C3O)C(O)C2O)C(O)C1O)C(O)/C=C/CC/C=C/CCCCCCCCCCCCC. The fraction of sp³-hybridized carbons (Fsp3) is 0.847. The minimum atomic E-state index is -1.98. The zero-order valence-electron chi connectivity index (χ0n) is 47.1. The van der Waals surface area contributed by atoms with Gasteiger partial charge in [0.2, 0.25) is 5.91 Å². The van der Waals surface area contributed by atoms with Crippen molar-refractivity contribution in [1.82, 2.24) is 5.32 Å². The van der Waals surface area contributed by atoms with Crippen LogP contribution in [0.15, 0.2) is 48.6 Å². The van der Waals surface area contributed by atoms with Crippen LogP contribution in [0.2, 0.25) is 0 Å². The third kappa shape index (κ3) is 26.3. The van der Waals surface area contributed by atoms with Crippen molar-refractivity contribution in [2.24, 2.45) is 0 Å². The van der Waals surface area contributed by atoms with E-state index in [2.05, 4.69) is 55.6 Å². The zero-order valence-corrected chi connectivity index (χ0v) is 47.1. The van der Waals surface area contributed by atoms with Crippen molar-refractivity contribution in [3.05, 3.63) is 48.6 Å². The molecular formula is C59H105NO18. The molecular weight excluding hydrogens is 1010 g/mol. The molecule has 17 unspecified atom stereocenters. The van der Waals surface area contributed by atoms with Gasteiger partial charge in [-0.25, -0.2) is 0 Å². The van der Waals surface area contributed by atoms with Gasteiger partial charge < -0.3 is 89.9 Å². The first-order valence-electron chi connectivity index (χ1n) is 29.9. The number of allylic oxidation sites excluding steroid dienone is 7. The molecule has 0 spiro atoms. The van der Waals surface area contributed by atoms with Crippen molar-refractivity contribution in [2.75, 3.05) is 26.4 Å². The van der Waals surface area contributed by atoms with E-state index < -0.39 is 124 Å². The number of unbranched alkanes of at least 4 members (excludes halogenated alkanes) is 21. The molecule has 0 aliphatic carbocycles. The number of hydrogen-bond acceptors (Lipinski definition) is 18. The standard InChI is InChI=1S/C59H105NO18/c1-3-5-7-9-11-13-15-17-19-21-22-24-26-28-30-32-34-36-43(64)42(60-47(65)37-35-33-31-29-27-25-23-20-18-16-14-12-10-8-6-4-2)41-73-57-53(71)50(68)55(45(39-62)75-57)78-59-54(72)51(69)56(46(40-63)76-59)77-58-52(70)49(67)48(66)44(38-61)74-58/h14,16,20,23,26,28,34,36,42-46,48-59,61-64,66-72H,3-13,15,17-19,21-22,24-25,27,29-33,35,37-41H2,1-2H3,(H,60,65)/b16-14-,23-20-,28-26+,36-34+. The molecule has 3 fully saturated rings. The molecule has 0 saturated carbocycles. The second kappa shape index (κ2) is 42.6. The molecule has 0 radical (unpaired) electrons. The van der Waals surface area contributed by atoms with E-state index in [1.165, 1.54) is 89.9 Å². The van der Waals surface area contributed by atoms with E-state index in [4.69, 9.17) is 28.4 Å². The largest absolute Gasteiger partial charge is 0.394 e. The summed E-state index contributed by atoms with van der Waals surface area (Å²) in [6.07, 6.45) is 19.5. The Bertz CT molecular complexity index is 1620. The van der Waals surface area contributed by atoms with E-state index in [-0.39, 0.29) is 18.9 Å². The van der Waals surface area contributed by atoms with Crippen molar-refractivity contribution in [3.63, 3.8) is 0 Å². The third-order valence-corrected chi connectivity index (χ3v) is 14.8. The number of hydrogen-bond donors (Lipinski definition) is 12. The van der Waals surface area contributed by atoms with Crippen LogP contribution >= 0.6 is 0 Å². The molecule has 454 valence electrons. The van der Waals surface area contributed by atoms with Gasteiger partial charge in [-0.05, 0) is 64.2 Å². The number of aliphatic hydroxyl groups is 11. The van der Waals surface area contributed by atoms with Crippen LogP contribution in [0.25, 0.3) is 0 Å². The lowest BCUT2D eigenvalue weighted by atomic mass is 9.96. The van der Waals surface area contributed by atoms with Crippen LogP contribution < -0.4 is 5.32 Å². The summed E-state index contributed by atoms with van der Waals surface area (Å²) < 4.78 is 34.2. The fourth-order valence-electron chi connectivity index (χ4n) is 9.88. The maximum atomic E-state index is 13.3. The number of aliphatic hydroxyl groups excluding tert-OH is 11. The predicted octanol–water partition coefficient (Wildman–Crippen LogP) is 5.09. The van der Waals surface area contributed by atoms with Crippen molar-refractivity contribution < 1.29 is 89.4 Å². The minimum Gasteiger partial charge on any atom is -0.394 e. The molecule has 78 heavy (non-hydrogen) atoms. The molecule has 3 aliphatic heterocycles. The van der Waals surface area contributed by atoms with Crippen LogP contribution in [0.5, 0.6) is 0 Å². The van der Waals surface area contributed by atoms with E-state index in [0.29, 0.717) is 12.8 Å². The van der Waals surface area contributed by atoms with Crippen LogP contribution in [0.1, 0.15) is 187 Å². The molecule has 19 heteroatoms. The summed E-state index contributed by atoms with van der Waals surface area (Å²) >= 11 is 0. The topological polar surface area (TPSA) is 307 Å². The summed E-state index contributed by atoms with van der Waals surface area (Å²) in [5.41, 5.74) is 0. The van der Waals surface area contributed by atoms with Crippen LogP contribution in [0, 0.1) is 0 Å². The van der Waals surface area contributed by atoms with Gasteiger partial charge in [-0.1, -0.05) is 165 Å². The first-order valence-corrected chi connectivity index (χ1v) is 29.9. The maximum Gasteiger partial charge on any atom is 0.220 e. The van der Waals surface area contributed by atoms with Gasteiger partial charge in [0, 0.05) is 6.42 Å². The van der Waals surface area contributed by atoms with Gasteiger partial charge in [0.05, 0.1) is 38.6 Å². The van der Waals surface area contributed by atoms with E-state index in [0.717, 1.165) is 64.2 Å². The Morgan fingerprint density at radius 3 is 1.37 bits per heavy atom. The van der Waals surface area contributed by atoms with Gasteiger partial charge in [-0.2, -0.15) is 0 Å². The Kier molecular flexibility index (Phi) is 38.2. The van der Waals surface area contributed by atoms with Gasteiger partial charge in [-0.3, -0.25) is 4.79 Å². The quantitative estimate of drug-likeness (QED) is 0.0279. The average Bonchev–Trinajstić information content (AvgIpc) is 3.47. The predicted molar refractivity (Wildman–Crippen MR) is 295 cm³/mol. The molecule has 17 atom stereocenters. The van der Waals surface area contributed by atoms with Crippen LogP contribution in [-0.4, -0.2) is 193 Å². The van der Waals surface area contributed by atoms with Crippen molar-refractivity contribution in [2.45, 2.75) is 291 Å². The third-order valence-electron chi connectivity index (χ3n) is 14.8. The van der Waals surface area contributed by atoms with E-state index in [1.807, 2.05) is 6.08 Å². The van der Waals surface area contributed by atoms with Gasteiger partial charge in [0.15, 0.2) is 18.9 Å². The molecule has 19 nitrogen and oxygen atoms in total. The number of carbonyl (C=O) groups excluding carboxylic acids is 1. The normalized spacial score (nSPS) is 30.8. The van der Waals surface area contributed by atoms with Crippen LogP contribution in [-0.2, 0) is 33.2 Å². The smallest absolute Gasteiger partial charge is 0.220 e. The average molecular weight is 1120 g/mol. The van der Waals surface area contributed by atoms with Gasteiger partial charge in [0.1, 0.15) is 73.2 Å². The first kappa shape index (κ1) is 70.0. The Labute approximate surface area is 465 Å². The Balaban J connectivity index is 1.53. The lowest BCUT2D eigenvalue weighted by Crippen LogP contribution is -2.66. The van der Waals surface area contributed by atoms with Gasteiger partial charge in [-0.15, -0.1) is 0 Å². The van der Waals surface area contributed by atoms with Gasteiger partial charge >= 0.3 is 0 Å². The number of ether oxygens (including phenoxy) is 6. The van der Waals surface area contributed by atoms with Crippen molar-refractivity contribution in [3.8, 4) is 0 Å². The van der Waals surface area contributed by atoms with Crippen molar-refractivity contribution >= 4 is 5.91 Å².